The van der Waals surface area contributed by atoms with Crippen molar-refractivity contribution < 1.29 is 14.3 Å². The Hall–Kier alpha value is -2.60. The number of para-hydroxylation sites is 1. The van der Waals surface area contributed by atoms with Crippen molar-refractivity contribution in [3.05, 3.63) is 64.6 Å². The molecule has 32 heavy (non-hydrogen) atoms. The van der Waals surface area contributed by atoms with Crippen LogP contribution in [0.15, 0.2) is 42.6 Å². The standard InChI is InChI=1S/C26H33N3O3/c1-25(2)18-20-6-5-7-21(23(20)32-25)19-27-14-9-26(10-15-27)11-16-28(17-12-26)24(30)22-8-3-4-13-29(22)31/h3-8,13H,9-12,14-19H2,1-2H3. The van der Waals surface area contributed by atoms with E-state index in [4.69, 9.17) is 4.74 Å². The number of carbonyl (C=O) groups is 1. The topological polar surface area (TPSA) is 59.7 Å². The first-order chi connectivity index (χ1) is 15.3. The summed E-state index contributed by atoms with van der Waals surface area (Å²) >= 11 is 0. The highest BCUT2D eigenvalue weighted by atomic mass is 16.5. The Morgan fingerprint density at radius 2 is 1.75 bits per heavy atom. The lowest BCUT2D eigenvalue weighted by molar-refractivity contribution is -0.608. The third-order valence-corrected chi connectivity index (χ3v) is 7.64. The van der Waals surface area contributed by atoms with Crippen LogP contribution < -0.4 is 9.47 Å². The van der Waals surface area contributed by atoms with E-state index in [2.05, 4.69) is 36.9 Å². The molecule has 0 N–H and O–H groups in total. The zero-order valence-electron chi connectivity index (χ0n) is 19.2. The smallest absolute Gasteiger partial charge is 0.319 e. The quantitative estimate of drug-likeness (QED) is 0.547. The summed E-state index contributed by atoms with van der Waals surface area (Å²) in [5.74, 6) is 0.954. The van der Waals surface area contributed by atoms with Gasteiger partial charge < -0.3 is 14.8 Å². The van der Waals surface area contributed by atoms with Crippen LogP contribution in [0.1, 0.15) is 61.1 Å². The van der Waals surface area contributed by atoms with Gasteiger partial charge >= 0.3 is 5.91 Å². The average molecular weight is 436 g/mol. The molecule has 1 amide bonds. The Morgan fingerprint density at radius 1 is 1.03 bits per heavy atom. The largest absolute Gasteiger partial charge is 0.618 e. The highest BCUT2D eigenvalue weighted by Gasteiger charge is 2.40. The van der Waals surface area contributed by atoms with Gasteiger partial charge in [-0.05, 0) is 69.7 Å². The minimum atomic E-state index is -0.145. The third kappa shape index (κ3) is 4.08. The van der Waals surface area contributed by atoms with Crippen LogP contribution in [-0.4, -0.2) is 47.5 Å². The van der Waals surface area contributed by atoms with Crippen LogP contribution >= 0.6 is 0 Å². The molecule has 2 fully saturated rings. The van der Waals surface area contributed by atoms with Crippen LogP contribution in [0.3, 0.4) is 0 Å². The van der Waals surface area contributed by atoms with Crippen molar-refractivity contribution in [2.45, 2.75) is 58.1 Å². The fourth-order valence-corrected chi connectivity index (χ4v) is 5.67. The summed E-state index contributed by atoms with van der Waals surface area (Å²) in [7, 11) is 0. The molecule has 4 heterocycles. The number of hydrogen-bond donors (Lipinski definition) is 0. The van der Waals surface area contributed by atoms with E-state index in [1.54, 1.807) is 18.2 Å². The van der Waals surface area contributed by atoms with Crippen LogP contribution in [0, 0.1) is 10.6 Å². The minimum Gasteiger partial charge on any atom is -0.618 e. The zero-order valence-corrected chi connectivity index (χ0v) is 19.2. The van der Waals surface area contributed by atoms with Crippen molar-refractivity contribution in [1.82, 2.24) is 9.80 Å². The van der Waals surface area contributed by atoms with E-state index in [1.165, 1.54) is 30.2 Å². The number of ether oxygens (including phenoxy) is 1. The first-order valence-corrected chi connectivity index (χ1v) is 11.8. The number of piperidine rings is 2. The lowest BCUT2D eigenvalue weighted by Crippen LogP contribution is -2.50. The highest BCUT2D eigenvalue weighted by molar-refractivity contribution is 5.91. The maximum Gasteiger partial charge on any atom is 0.319 e. The molecule has 0 atom stereocenters. The second-order valence-electron chi connectivity index (χ2n) is 10.4. The number of fused-ring (bicyclic) bond motifs is 1. The molecule has 2 aromatic rings. The van der Waals surface area contributed by atoms with Gasteiger partial charge in [0, 0.05) is 43.8 Å². The predicted molar refractivity (Wildman–Crippen MR) is 122 cm³/mol. The summed E-state index contributed by atoms with van der Waals surface area (Å²) in [6, 6.07) is 11.6. The fraction of sp³-hybridized carbons (Fsp3) is 0.538. The number of rotatable bonds is 3. The van der Waals surface area contributed by atoms with Crippen molar-refractivity contribution in [2.75, 3.05) is 26.2 Å². The van der Waals surface area contributed by atoms with Crippen LogP contribution in [0.5, 0.6) is 5.75 Å². The van der Waals surface area contributed by atoms with Crippen molar-refractivity contribution in [2.24, 2.45) is 5.41 Å². The van der Waals surface area contributed by atoms with Crippen LogP contribution in [0.25, 0.3) is 0 Å². The maximum atomic E-state index is 12.8. The molecule has 170 valence electrons. The van der Waals surface area contributed by atoms with Crippen LogP contribution in [0.2, 0.25) is 0 Å². The summed E-state index contributed by atoms with van der Waals surface area (Å²) in [6.07, 6.45) is 6.76. The van der Waals surface area contributed by atoms with E-state index >= 15 is 0 Å². The SMILES string of the molecule is CC1(C)Cc2cccc(CN3CCC4(CC3)CCN(C(=O)c3cccc[n+]3[O-])CC4)c2O1. The predicted octanol–water partition coefficient (Wildman–Crippen LogP) is 3.55. The number of hydrogen-bond acceptors (Lipinski definition) is 4. The molecule has 2 saturated heterocycles. The lowest BCUT2D eigenvalue weighted by atomic mass is 9.71. The molecule has 0 bridgehead atoms. The molecule has 6 nitrogen and oxygen atoms in total. The Labute approximate surface area is 190 Å². The van der Waals surface area contributed by atoms with E-state index in [-0.39, 0.29) is 17.2 Å². The van der Waals surface area contributed by atoms with Crippen molar-refractivity contribution in [3.8, 4) is 5.75 Å². The second kappa shape index (κ2) is 8.07. The van der Waals surface area contributed by atoms with E-state index in [0.717, 1.165) is 57.7 Å². The zero-order chi connectivity index (χ0) is 22.3. The molecule has 0 aliphatic carbocycles. The third-order valence-electron chi connectivity index (χ3n) is 7.64. The fourth-order valence-electron chi connectivity index (χ4n) is 5.67. The summed E-state index contributed by atoms with van der Waals surface area (Å²) in [6.45, 7) is 8.91. The molecule has 6 heteroatoms. The Bertz CT molecular complexity index is 1000. The number of amides is 1. The molecule has 1 aromatic heterocycles. The minimum absolute atomic E-state index is 0.110. The molecule has 1 aromatic carbocycles. The molecular formula is C26H33N3O3. The van der Waals surface area contributed by atoms with Gasteiger partial charge in [0.15, 0.2) is 6.20 Å². The van der Waals surface area contributed by atoms with Crippen molar-refractivity contribution >= 4 is 5.91 Å². The molecular weight excluding hydrogens is 402 g/mol. The Balaban J connectivity index is 1.17. The van der Waals surface area contributed by atoms with Gasteiger partial charge in [-0.3, -0.25) is 9.69 Å². The lowest BCUT2D eigenvalue weighted by Gasteiger charge is -2.46. The van der Waals surface area contributed by atoms with Gasteiger partial charge in [-0.15, -0.1) is 0 Å². The van der Waals surface area contributed by atoms with Gasteiger partial charge in [-0.2, -0.15) is 4.73 Å². The number of pyridine rings is 1. The van der Waals surface area contributed by atoms with E-state index in [9.17, 15) is 10.0 Å². The first-order valence-electron chi connectivity index (χ1n) is 11.8. The van der Waals surface area contributed by atoms with Crippen molar-refractivity contribution in [3.63, 3.8) is 0 Å². The molecule has 5 rings (SSSR count). The highest BCUT2D eigenvalue weighted by Crippen LogP contribution is 2.43. The van der Waals surface area contributed by atoms with Crippen molar-refractivity contribution in [1.29, 1.82) is 0 Å². The van der Waals surface area contributed by atoms with E-state index in [0.29, 0.717) is 10.1 Å². The molecule has 0 saturated carbocycles. The second-order valence-corrected chi connectivity index (χ2v) is 10.4. The molecule has 0 unspecified atom stereocenters. The normalized spacial score (nSPS) is 21.9. The number of aromatic nitrogens is 1. The Kier molecular flexibility index (Phi) is 5.36. The van der Waals surface area contributed by atoms with Gasteiger partial charge in [0.25, 0.3) is 5.69 Å². The summed E-state index contributed by atoms with van der Waals surface area (Å²) in [5, 5.41) is 11.9. The monoisotopic (exact) mass is 435 g/mol. The van der Waals surface area contributed by atoms with Gasteiger partial charge in [0.05, 0.1) is 0 Å². The van der Waals surface area contributed by atoms with Gasteiger partial charge in [0.1, 0.15) is 11.4 Å². The van der Waals surface area contributed by atoms with Gasteiger partial charge in [-0.1, -0.05) is 18.2 Å². The summed E-state index contributed by atoms with van der Waals surface area (Å²) < 4.78 is 6.94. The average Bonchev–Trinajstić information content (AvgIpc) is 3.11. The number of likely N-dealkylation sites (tertiary alicyclic amines) is 2. The Morgan fingerprint density at radius 3 is 2.47 bits per heavy atom. The van der Waals surface area contributed by atoms with E-state index in [1.807, 2.05) is 4.90 Å². The van der Waals surface area contributed by atoms with Crippen LogP contribution in [0.4, 0.5) is 0 Å². The van der Waals surface area contributed by atoms with Crippen LogP contribution in [-0.2, 0) is 13.0 Å². The van der Waals surface area contributed by atoms with Gasteiger partial charge in [0.2, 0.25) is 0 Å². The summed E-state index contributed by atoms with van der Waals surface area (Å²) in [5.41, 5.74) is 3.07. The molecule has 3 aliphatic heterocycles. The number of benzene rings is 1. The number of carbonyl (C=O) groups excluding carboxylic acids is 1. The van der Waals surface area contributed by atoms with E-state index < -0.39 is 0 Å². The maximum absolute atomic E-state index is 12.8. The summed E-state index contributed by atoms with van der Waals surface area (Å²) in [4.78, 5) is 17.2. The molecule has 3 aliphatic rings. The molecule has 1 spiro atoms. The first kappa shape index (κ1) is 21.3. The molecule has 0 radical (unpaired) electrons. The van der Waals surface area contributed by atoms with Gasteiger partial charge in [-0.25, -0.2) is 0 Å². The number of nitrogens with zero attached hydrogens (tertiary/aromatic N) is 3.